The number of carbonyl (C=O) groups excluding carboxylic acids is 1. The third kappa shape index (κ3) is 4.60. The summed E-state index contributed by atoms with van der Waals surface area (Å²) < 4.78 is 13.5. The van der Waals surface area contributed by atoms with Crippen LogP contribution in [0.1, 0.15) is 28.3 Å². The van der Waals surface area contributed by atoms with E-state index in [0.717, 1.165) is 23.2 Å². The van der Waals surface area contributed by atoms with Crippen molar-refractivity contribution >= 4 is 17.5 Å². The van der Waals surface area contributed by atoms with Crippen LogP contribution in [0.15, 0.2) is 91.3 Å². The van der Waals surface area contributed by atoms with E-state index in [1.165, 1.54) is 17.7 Å². The normalized spacial score (nSPS) is 16.8. The standard InChI is InChI=1S/C27H23FN4O/c1-32(27-29-16-21(17-30-27)19-9-5-11-22(28)13-19)23-12-6-10-20(14-23)26(33)31-25-15-24(25)18-7-3-2-4-8-18/h2-14,16-17,24-25H,15H2,1H3,(H,31,33)/t24-,25+/m0/s1. The van der Waals surface area contributed by atoms with Gasteiger partial charge < -0.3 is 10.2 Å². The summed E-state index contributed by atoms with van der Waals surface area (Å²) in [5.41, 5.74) is 4.11. The molecule has 1 aromatic heterocycles. The van der Waals surface area contributed by atoms with Gasteiger partial charge in [0.2, 0.25) is 5.95 Å². The average Bonchev–Trinajstić information content (AvgIpc) is 3.63. The van der Waals surface area contributed by atoms with E-state index in [-0.39, 0.29) is 17.8 Å². The second-order valence-electron chi connectivity index (χ2n) is 8.22. The van der Waals surface area contributed by atoms with E-state index < -0.39 is 0 Å². The van der Waals surface area contributed by atoms with Crippen LogP contribution in [0.4, 0.5) is 16.0 Å². The summed E-state index contributed by atoms with van der Waals surface area (Å²) in [5, 5.41) is 3.14. The lowest BCUT2D eigenvalue weighted by Gasteiger charge is -2.18. The lowest BCUT2D eigenvalue weighted by Crippen LogP contribution is -2.26. The Morgan fingerprint density at radius 3 is 2.45 bits per heavy atom. The third-order valence-corrected chi connectivity index (χ3v) is 5.93. The predicted octanol–water partition coefficient (Wildman–Crippen LogP) is 5.34. The number of halogens is 1. The van der Waals surface area contributed by atoms with Crippen LogP contribution in [0, 0.1) is 5.82 Å². The third-order valence-electron chi connectivity index (χ3n) is 5.93. The topological polar surface area (TPSA) is 58.1 Å². The number of carbonyl (C=O) groups is 1. The zero-order valence-corrected chi connectivity index (χ0v) is 18.1. The van der Waals surface area contributed by atoms with Gasteiger partial charge in [-0.2, -0.15) is 0 Å². The summed E-state index contributed by atoms with van der Waals surface area (Å²) >= 11 is 0. The molecule has 1 saturated carbocycles. The van der Waals surface area contributed by atoms with Crippen molar-refractivity contribution < 1.29 is 9.18 Å². The summed E-state index contributed by atoms with van der Waals surface area (Å²) in [5.74, 6) is 0.478. The molecule has 4 aromatic rings. The van der Waals surface area contributed by atoms with Gasteiger partial charge in [-0.3, -0.25) is 4.79 Å². The number of nitrogens with one attached hydrogen (secondary N) is 1. The molecule has 1 N–H and O–H groups in total. The Morgan fingerprint density at radius 2 is 1.70 bits per heavy atom. The van der Waals surface area contributed by atoms with E-state index in [2.05, 4.69) is 27.4 Å². The summed E-state index contributed by atoms with van der Waals surface area (Å²) in [4.78, 5) is 23.5. The Kier molecular flexibility index (Phi) is 5.57. The second kappa shape index (κ2) is 8.82. The first-order valence-electron chi connectivity index (χ1n) is 10.9. The quantitative estimate of drug-likeness (QED) is 0.442. The number of rotatable bonds is 6. The van der Waals surface area contributed by atoms with Gasteiger partial charge in [0, 0.05) is 48.2 Å². The molecule has 0 radical (unpaired) electrons. The lowest BCUT2D eigenvalue weighted by molar-refractivity contribution is 0.0950. The second-order valence-corrected chi connectivity index (χ2v) is 8.22. The van der Waals surface area contributed by atoms with E-state index in [4.69, 9.17) is 0 Å². The molecule has 1 aliphatic carbocycles. The molecule has 1 heterocycles. The van der Waals surface area contributed by atoms with E-state index in [0.29, 0.717) is 17.4 Å². The zero-order valence-electron chi connectivity index (χ0n) is 18.1. The largest absolute Gasteiger partial charge is 0.349 e. The number of hydrogen-bond acceptors (Lipinski definition) is 4. The van der Waals surface area contributed by atoms with Crippen molar-refractivity contribution in [3.63, 3.8) is 0 Å². The SMILES string of the molecule is CN(c1cccc(C(=O)N[C@@H]2C[C@H]2c2ccccc2)c1)c1ncc(-c2cccc(F)c2)cn1. The van der Waals surface area contributed by atoms with Gasteiger partial charge in [0.1, 0.15) is 5.82 Å². The van der Waals surface area contributed by atoms with Gasteiger partial charge >= 0.3 is 0 Å². The van der Waals surface area contributed by atoms with Crippen LogP contribution in [0.3, 0.4) is 0 Å². The van der Waals surface area contributed by atoms with Crippen LogP contribution < -0.4 is 10.2 Å². The van der Waals surface area contributed by atoms with Crippen LogP contribution in [-0.2, 0) is 0 Å². The maximum absolute atomic E-state index is 13.5. The van der Waals surface area contributed by atoms with Crippen molar-refractivity contribution in [1.82, 2.24) is 15.3 Å². The summed E-state index contributed by atoms with van der Waals surface area (Å²) in [6.07, 6.45) is 4.29. The highest BCUT2D eigenvalue weighted by molar-refractivity contribution is 5.95. The first kappa shape index (κ1) is 20.8. The molecule has 0 saturated heterocycles. The molecule has 0 aliphatic heterocycles. The molecule has 0 bridgehead atoms. The highest BCUT2D eigenvalue weighted by Crippen LogP contribution is 2.40. The van der Waals surface area contributed by atoms with Crippen LogP contribution in [0.2, 0.25) is 0 Å². The van der Waals surface area contributed by atoms with Gasteiger partial charge in [0.15, 0.2) is 0 Å². The number of benzene rings is 3. The number of amides is 1. The van der Waals surface area contributed by atoms with E-state index in [9.17, 15) is 9.18 Å². The minimum Gasteiger partial charge on any atom is -0.349 e. The van der Waals surface area contributed by atoms with Crippen molar-refractivity contribution in [3.05, 3.63) is 108 Å². The summed E-state index contributed by atoms with van der Waals surface area (Å²) in [7, 11) is 1.85. The molecule has 2 atom stereocenters. The predicted molar refractivity (Wildman–Crippen MR) is 127 cm³/mol. The van der Waals surface area contributed by atoms with Crippen molar-refractivity contribution in [2.45, 2.75) is 18.4 Å². The van der Waals surface area contributed by atoms with Crippen LogP contribution in [0.25, 0.3) is 11.1 Å². The fourth-order valence-corrected chi connectivity index (χ4v) is 3.96. The Hall–Kier alpha value is -4.06. The van der Waals surface area contributed by atoms with Crippen molar-refractivity contribution in [1.29, 1.82) is 0 Å². The molecule has 164 valence electrons. The maximum Gasteiger partial charge on any atom is 0.251 e. The molecular weight excluding hydrogens is 415 g/mol. The van der Waals surface area contributed by atoms with Crippen molar-refractivity contribution in [3.8, 4) is 11.1 Å². The molecule has 3 aromatic carbocycles. The zero-order chi connectivity index (χ0) is 22.8. The van der Waals surface area contributed by atoms with Crippen LogP contribution >= 0.6 is 0 Å². The highest BCUT2D eigenvalue weighted by atomic mass is 19.1. The first-order chi connectivity index (χ1) is 16.1. The Labute approximate surface area is 191 Å². The Bertz CT molecular complexity index is 1280. The maximum atomic E-state index is 13.5. The van der Waals surface area contributed by atoms with Crippen LogP contribution in [0.5, 0.6) is 0 Å². The van der Waals surface area contributed by atoms with Crippen LogP contribution in [-0.4, -0.2) is 29.0 Å². The summed E-state index contributed by atoms with van der Waals surface area (Å²) in [6, 6.07) is 24.1. The van der Waals surface area contributed by atoms with Gasteiger partial charge in [-0.05, 0) is 47.9 Å². The molecular formula is C27H23FN4O. The van der Waals surface area contributed by atoms with Gasteiger partial charge in [0.25, 0.3) is 5.91 Å². The number of hydrogen-bond donors (Lipinski definition) is 1. The summed E-state index contributed by atoms with van der Waals surface area (Å²) in [6.45, 7) is 0. The van der Waals surface area contributed by atoms with E-state index in [1.807, 2.05) is 54.4 Å². The lowest BCUT2D eigenvalue weighted by atomic mass is 10.1. The molecule has 6 heteroatoms. The molecule has 33 heavy (non-hydrogen) atoms. The van der Waals surface area contributed by atoms with Gasteiger partial charge in [-0.15, -0.1) is 0 Å². The molecule has 1 amide bonds. The van der Waals surface area contributed by atoms with Crippen molar-refractivity contribution in [2.24, 2.45) is 0 Å². The molecule has 0 spiro atoms. The number of anilines is 2. The fraction of sp³-hybridized carbons (Fsp3) is 0.148. The first-order valence-corrected chi connectivity index (χ1v) is 10.9. The highest BCUT2D eigenvalue weighted by Gasteiger charge is 2.39. The van der Waals surface area contributed by atoms with Gasteiger partial charge in [-0.25, -0.2) is 14.4 Å². The number of aromatic nitrogens is 2. The Morgan fingerprint density at radius 1 is 0.939 bits per heavy atom. The molecule has 5 nitrogen and oxygen atoms in total. The van der Waals surface area contributed by atoms with Crippen molar-refractivity contribution in [2.75, 3.05) is 11.9 Å². The number of nitrogens with zero attached hydrogens (tertiary/aromatic N) is 3. The smallest absolute Gasteiger partial charge is 0.251 e. The van der Waals surface area contributed by atoms with E-state index >= 15 is 0 Å². The fourth-order valence-electron chi connectivity index (χ4n) is 3.96. The Balaban J connectivity index is 1.27. The molecule has 0 unspecified atom stereocenters. The minimum atomic E-state index is -0.301. The van der Waals surface area contributed by atoms with Gasteiger partial charge in [-0.1, -0.05) is 48.5 Å². The minimum absolute atomic E-state index is 0.0870. The van der Waals surface area contributed by atoms with E-state index in [1.54, 1.807) is 24.5 Å². The monoisotopic (exact) mass is 438 g/mol. The molecule has 1 aliphatic rings. The average molecular weight is 439 g/mol. The van der Waals surface area contributed by atoms with Gasteiger partial charge in [0.05, 0.1) is 0 Å². The molecule has 1 fully saturated rings. The molecule has 5 rings (SSSR count).